The molecule has 2 fully saturated rings. The van der Waals surface area contributed by atoms with Gasteiger partial charge in [0, 0.05) is 19.1 Å². The highest BCUT2D eigenvalue weighted by Crippen LogP contribution is 2.20. The molecule has 1 aliphatic carbocycles. The summed E-state index contributed by atoms with van der Waals surface area (Å²) in [6.07, 6.45) is 4.45. The highest BCUT2D eigenvalue weighted by atomic mass is 32.2. The van der Waals surface area contributed by atoms with Gasteiger partial charge in [0.05, 0.1) is 5.25 Å². The molecule has 6 nitrogen and oxygen atoms in total. The summed E-state index contributed by atoms with van der Waals surface area (Å²) in [6, 6.07) is 0.125. The van der Waals surface area contributed by atoms with Crippen LogP contribution in [0.3, 0.4) is 0 Å². The van der Waals surface area contributed by atoms with Crippen LogP contribution in [0.25, 0.3) is 0 Å². The first kappa shape index (κ1) is 12.6. The lowest BCUT2D eigenvalue weighted by atomic mass is 9.93. The van der Waals surface area contributed by atoms with E-state index in [0.29, 0.717) is 19.4 Å². The predicted octanol–water partition coefficient (Wildman–Crippen LogP) is 0.00140. The van der Waals surface area contributed by atoms with Gasteiger partial charge >= 0.3 is 6.03 Å². The van der Waals surface area contributed by atoms with Crippen molar-refractivity contribution in [2.24, 2.45) is 5.14 Å². The van der Waals surface area contributed by atoms with Crippen molar-refractivity contribution in [3.63, 3.8) is 0 Å². The van der Waals surface area contributed by atoms with Crippen LogP contribution < -0.4 is 10.5 Å². The number of hydrogen-bond acceptors (Lipinski definition) is 3. The van der Waals surface area contributed by atoms with Gasteiger partial charge in [-0.05, 0) is 32.1 Å². The molecule has 0 radical (unpaired) electrons. The summed E-state index contributed by atoms with van der Waals surface area (Å²) in [5.41, 5.74) is 0. The van der Waals surface area contributed by atoms with Gasteiger partial charge < -0.3 is 10.2 Å². The standard InChI is InChI=1S/C10H19N3O3S/c11-17(15,16)9-5-2-6-13(7-9)10(14)12-8-3-1-4-8/h8-9H,1-7H2,(H,12,14)(H2,11,15,16). The van der Waals surface area contributed by atoms with Crippen LogP contribution >= 0.6 is 0 Å². The normalized spacial score (nSPS) is 26.4. The number of carbonyl (C=O) groups is 1. The van der Waals surface area contributed by atoms with E-state index in [2.05, 4.69) is 5.32 Å². The summed E-state index contributed by atoms with van der Waals surface area (Å²) in [5, 5.41) is 7.43. The maximum Gasteiger partial charge on any atom is 0.317 e. The topological polar surface area (TPSA) is 92.5 Å². The Bertz CT molecular complexity index is 392. The van der Waals surface area contributed by atoms with Gasteiger partial charge in [-0.15, -0.1) is 0 Å². The molecule has 2 amide bonds. The predicted molar refractivity (Wildman–Crippen MR) is 63.9 cm³/mol. The molecule has 0 bridgehead atoms. The number of amides is 2. The van der Waals surface area contributed by atoms with Gasteiger partial charge in [-0.3, -0.25) is 0 Å². The first-order valence-electron chi connectivity index (χ1n) is 6.04. The first-order chi connectivity index (χ1) is 7.97. The van der Waals surface area contributed by atoms with Crippen molar-refractivity contribution >= 4 is 16.1 Å². The van der Waals surface area contributed by atoms with E-state index in [1.165, 1.54) is 0 Å². The van der Waals surface area contributed by atoms with E-state index in [9.17, 15) is 13.2 Å². The number of piperidine rings is 1. The number of rotatable bonds is 2. The van der Waals surface area contributed by atoms with Crippen LogP contribution in [0.2, 0.25) is 0 Å². The number of nitrogens with one attached hydrogen (secondary N) is 1. The maximum absolute atomic E-state index is 11.9. The molecule has 3 N–H and O–H groups in total. The number of carbonyl (C=O) groups excluding carboxylic acids is 1. The maximum atomic E-state index is 11.9. The molecular formula is C10H19N3O3S. The Morgan fingerprint density at radius 3 is 2.47 bits per heavy atom. The molecular weight excluding hydrogens is 242 g/mol. The quantitative estimate of drug-likeness (QED) is 0.733. The Balaban J connectivity index is 1.90. The highest BCUT2D eigenvalue weighted by Gasteiger charge is 2.31. The van der Waals surface area contributed by atoms with E-state index in [1.54, 1.807) is 4.90 Å². The van der Waals surface area contributed by atoms with Crippen molar-refractivity contribution in [1.29, 1.82) is 0 Å². The Kier molecular flexibility index (Phi) is 3.58. The van der Waals surface area contributed by atoms with E-state index < -0.39 is 15.3 Å². The zero-order valence-corrected chi connectivity index (χ0v) is 10.6. The molecule has 1 atom stereocenters. The molecule has 0 aromatic rings. The number of hydrogen-bond donors (Lipinski definition) is 2. The summed E-state index contributed by atoms with van der Waals surface area (Å²) in [5.74, 6) is 0. The Hall–Kier alpha value is -0.820. The number of nitrogens with zero attached hydrogens (tertiary/aromatic N) is 1. The molecule has 1 heterocycles. The molecule has 98 valence electrons. The molecule has 0 aromatic heterocycles. The van der Waals surface area contributed by atoms with Crippen molar-refractivity contribution in [3.8, 4) is 0 Å². The summed E-state index contributed by atoms with van der Waals surface area (Å²) in [4.78, 5) is 13.4. The van der Waals surface area contributed by atoms with Gasteiger partial charge in [0.1, 0.15) is 0 Å². The van der Waals surface area contributed by atoms with Crippen LogP contribution in [-0.2, 0) is 10.0 Å². The molecule has 2 aliphatic rings. The summed E-state index contributed by atoms with van der Waals surface area (Å²) < 4.78 is 22.5. The summed E-state index contributed by atoms with van der Waals surface area (Å²) in [7, 11) is -3.53. The fourth-order valence-corrected chi connectivity index (χ4v) is 3.09. The molecule has 2 rings (SSSR count). The summed E-state index contributed by atoms with van der Waals surface area (Å²) >= 11 is 0. The minimum absolute atomic E-state index is 0.150. The van der Waals surface area contributed by atoms with E-state index in [1.807, 2.05) is 0 Å². The zero-order chi connectivity index (χ0) is 12.5. The number of sulfonamides is 1. The highest BCUT2D eigenvalue weighted by molar-refractivity contribution is 7.89. The van der Waals surface area contributed by atoms with Crippen LogP contribution in [0, 0.1) is 0 Å². The number of primary sulfonamides is 1. The second kappa shape index (κ2) is 4.81. The minimum atomic E-state index is -3.53. The van der Waals surface area contributed by atoms with Crippen LogP contribution in [0.1, 0.15) is 32.1 Å². The van der Waals surface area contributed by atoms with Gasteiger partial charge in [-0.2, -0.15) is 0 Å². The minimum Gasteiger partial charge on any atom is -0.335 e. The van der Waals surface area contributed by atoms with E-state index in [4.69, 9.17) is 5.14 Å². The fraction of sp³-hybridized carbons (Fsp3) is 0.900. The molecule has 1 unspecified atom stereocenters. The molecule has 1 saturated heterocycles. The van der Waals surface area contributed by atoms with Crippen LogP contribution in [0.15, 0.2) is 0 Å². The largest absolute Gasteiger partial charge is 0.335 e. The molecule has 0 aromatic carbocycles. The van der Waals surface area contributed by atoms with E-state index >= 15 is 0 Å². The fourth-order valence-electron chi connectivity index (χ4n) is 2.21. The smallest absolute Gasteiger partial charge is 0.317 e. The number of urea groups is 1. The zero-order valence-electron chi connectivity index (χ0n) is 9.76. The second-order valence-corrected chi connectivity index (χ2v) is 6.72. The van der Waals surface area contributed by atoms with Crippen molar-refractivity contribution in [2.45, 2.75) is 43.4 Å². The molecule has 0 spiro atoms. The lowest BCUT2D eigenvalue weighted by Gasteiger charge is -2.34. The third-order valence-electron chi connectivity index (χ3n) is 3.56. The van der Waals surface area contributed by atoms with Crippen LogP contribution in [0.5, 0.6) is 0 Å². The number of nitrogens with two attached hydrogens (primary N) is 1. The molecule has 1 aliphatic heterocycles. The molecule has 1 saturated carbocycles. The first-order valence-corrected chi connectivity index (χ1v) is 7.65. The van der Waals surface area contributed by atoms with E-state index in [0.717, 1.165) is 19.3 Å². The molecule has 7 heteroatoms. The third kappa shape index (κ3) is 3.10. The Morgan fingerprint density at radius 1 is 1.24 bits per heavy atom. The number of likely N-dealkylation sites (tertiary alicyclic amines) is 1. The lowest BCUT2D eigenvalue weighted by molar-refractivity contribution is 0.176. The Labute approximate surface area is 102 Å². The van der Waals surface area contributed by atoms with Gasteiger partial charge in [-0.25, -0.2) is 18.4 Å². The van der Waals surface area contributed by atoms with Crippen LogP contribution in [-0.4, -0.2) is 43.7 Å². The van der Waals surface area contributed by atoms with Crippen molar-refractivity contribution < 1.29 is 13.2 Å². The van der Waals surface area contributed by atoms with Crippen LogP contribution in [0.4, 0.5) is 4.79 Å². The van der Waals surface area contributed by atoms with E-state index in [-0.39, 0.29) is 18.6 Å². The van der Waals surface area contributed by atoms with Gasteiger partial charge in [0.15, 0.2) is 0 Å². The molecule has 17 heavy (non-hydrogen) atoms. The third-order valence-corrected chi connectivity index (χ3v) is 4.88. The lowest BCUT2D eigenvalue weighted by Crippen LogP contribution is -2.53. The van der Waals surface area contributed by atoms with Crippen molar-refractivity contribution in [3.05, 3.63) is 0 Å². The van der Waals surface area contributed by atoms with Crippen molar-refractivity contribution in [2.75, 3.05) is 13.1 Å². The van der Waals surface area contributed by atoms with Gasteiger partial charge in [0.25, 0.3) is 0 Å². The van der Waals surface area contributed by atoms with Gasteiger partial charge in [0.2, 0.25) is 10.0 Å². The van der Waals surface area contributed by atoms with Crippen molar-refractivity contribution in [1.82, 2.24) is 10.2 Å². The summed E-state index contributed by atoms with van der Waals surface area (Å²) in [6.45, 7) is 0.835. The monoisotopic (exact) mass is 261 g/mol. The second-order valence-electron chi connectivity index (χ2n) is 4.88. The SMILES string of the molecule is NS(=O)(=O)C1CCCN(C(=O)NC2CCC2)C1. The average molecular weight is 261 g/mol. The Morgan fingerprint density at radius 2 is 1.94 bits per heavy atom. The van der Waals surface area contributed by atoms with Gasteiger partial charge in [-0.1, -0.05) is 0 Å². The average Bonchev–Trinajstić information content (AvgIpc) is 2.22.